The number of nitrogens with zero attached hydrogens (tertiary/aromatic N) is 1. The molecule has 0 spiro atoms. The molecule has 1 aromatic carbocycles. The van der Waals surface area contributed by atoms with Crippen molar-refractivity contribution in [1.82, 2.24) is 0 Å². The Bertz CT molecular complexity index is 472. The SMILES string of the molecule is CCOC(=O)/C(C#N)=C\c1ccccc1OC. The van der Waals surface area contributed by atoms with E-state index in [0.29, 0.717) is 11.3 Å². The minimum absolute atomic E-state index is 0.0450. The Morgan fingerprint density at radius 2 is 2.18 bits per heavy atom. The number of esters is 1. The highest BCUT2D eigenvalue weighted by molar-refractivity contribution is 5.98. The van der Waals surface area contributed by atoms with Crippen molar-refractivity contribution in [1.29, 1.82) is 5.26 Å². The maximum Gasteiger partial charge on any atom is 0.348 e. The van der Waals surface area contributed by atoms with Crippen LogP contribution in [-0.2, 0) is 9.53 Å². The van der Waals surface area contributed by atoms with E-state index >= 15 is 0 Å². The molecule has 0 saturated carbocycles. The molecule has 0 aromatic heterocycles. The van der Waals surface area contributed by atoms with Crippen LogP contribution in [0, 0.1) is 11.3 Å². The van der Waals surface area contributed by atoms with Gasteiger partial charge in [-0.1, -0.05) is 18.2 Å². The summed E-state index contributed by atoms with van der Waals surface area (Å²) in [7, 11) is 1.53. The fourth-order valence-electron chi connectivity index (χ4n) is 1.29. The van der Waals surface area contributed by atoms with Gasteiger partial charge in [-0.15, -0.1) is 0 Å². The summed E-state index contributed by atoms with van der Waals surface area (Å²) in [6.07, 6.45) is 1.46. The average molecular weight is 231 g/mol. The van der Waals surface area contributed by atoms with Gasteiger partial charge in [0.05, 0.1) is 13.7 Å². The van der Waals surface area contributed by atoms with E-state index < -0.39 is 5.97 Å². The second-order valence-electron chi connectivity index (χ2n) is 3.13. The molecule has 0 aliphatic carbocycles. The van der Waals surface area contributed by atoms with E-state index in [1.54, 1.807) is 25.1 Å². The number of para-hydroxylation sites is 1. The van der Waals surface area contributed by atoms with Crippen LogP contribution in [0.15, 0.2) is 29.8 Å². The molecule has 1 rings (SSSR count). The molecule has 88 valence electrons. The normalized spacial score (nSPS) is 10.5. The molecule has 0 fully saturated rings. The quantitative estimate of drug-likeness (QED) is 0.452. The molecule has 0 unspecified atom stereocenters. The van der Waals surface area contributed by atoms with Gasteiger partial charge >= 0.3 is 5.97 Å². The summed E-state index contributed by atoms with van der Waals surface area (Å²) >= 11 is 0. The third kappa shape index (κ3) is 3.35. The monoisotopic (exact) mass is 231 g/mol. The number of ether oxygens (including phenoxy) is 2. The second-order valence-corrected chi connectivity index (χ2v) is 3.13. The average Bonchev–Trinajstić information content (AvgIpc) is 2.36. The summed E-state index contributed by atoms with van der Waals surface area (Å²) in [5.41, 5.74) is 0.621. The van der Waals surface area contributed by atoms with Crippen molar-refractivity contribution in [3.05, 3.63) is 35.4 Å². The summed E-state index contributed by atoms with van der Waals surface area (Å²) < 4.78 is 9.89. The molecule has 0 radical (unpaired) electrons. The van der Waals surface area contributed by atoms with Crippen LogP contribution in [0.2, 0.25) is 0 Å². The van der Waals surface area contributed by atoms with Gasteiger partial charge in [0.1, 0.15) is 17.4 Å². The predicted molar refractivity (Wildman–Crippen MR) is 63.2 cm³/mol. The smallest absolute Gasteiger partial charge is 0.348 e. The Morgan fingerprint density at radius 1 is 1.47 bits per heavy atom. The van der Waals surface area contributed by atoms with Crippen molar-refractivity contribution in [2.24, 2.45) is 0 Å². The van der Waals surface area contributed by atoms with E-state index in [4.69, 9.17) is 14.7 Å². The van der Waals surface area contributed by atoms with E-state index in [-0.39, 0.29) is 12.2 Å². The van der Waals surface area contributed by atoms with Crippen molar-refractivity contribution in [2.45, 2.75) is 6.92 Å². The molecule has 0 atom stereocenters. The molecular formula is C13H13NO3. The Morgan fingerprint density at radius 3 is 2.76 bits per heavy atom. The molecule has 0 saturated heterocycles. The number of carbonyl (C=O) groups excluding carboxylic acids is 1. The molecular weight excluding hydrogens is 218 g/mol. The van der Waals surface area contributed by atoms with E-state index in [1.165, 1.54) is 13.2 Å². The lowest BCUT2D eigenvalue weighted by Gasteiger charge is -2.04. The summed E-state index contributed by atoms with van der Waals surface area (Å²) in [4.78, 5) is 11.4. The molecule has 1 aromatic rings. The Labute approximate surface area is 100 Å². The maximum atomic E-state index is 11.4. The zero-order chi connectivity index (χ0) is 12.7. The Kier molecular flexibility index (Phi) is 4.77. The summed E-state index contributed by atoms with van der Waals surface area (Å²) in [5.74, 6) is -0.0227. The first-order valence-electron chi connectivity index (χ1n) is 5.14. The van der Waals surface area contributed by atoms with Crippen LogP contribution in [0.3, 0.4) is 0 Å². The van der Waals surface area contributed by atoms with Crippen LogP contribution in [0.1, 0.15) is 12.5 Å². The number of rotatable bonds is 4. The molecule has 4 nitrogen and oxygen atoms in total. The molecule has 0 N–H and O–H groups in total. The number of hydrogen-bond donors (Lipinski definition) is 0. The van der Waals surface area contributed by atoms with E-state index in [1.807, 2.05) is 12.1 Å². The number of nitriles is 1. The van der Waals surface area contributed by atoms with Crippen LogP contribution in [-0.4, -0.2) is 19.7 Å². The molecule has 17 heavy (non-hydrogen) atoms. The number of methoxy groups -OCH3 is 1. The van der Waals surface area contributed by atoms with Gasteiger partial charge in [0.15, 0.2) is 0 Å². The van der Waals surface area contributed by atoms with E-state index in [0.717, 1.165) is 0 Å². The van der Waals surface area contributed by atoms with Crippen LogP contribution in [0.5, 0.6) is 5.75 Å². The third-order valence-electron chi connectivity index (χ3n) is 2.05. The van der Waals surface area contributed by atoms with Crippen molar-refractivity contribution >= 4 is 12.0 Å². The van der Waals surface area contributed by atoms with E-state index in [2.05, 4.69) is 0 Å². The standard InChI is InChI=1S/C13H13NO3/c1-3-17-13(15)11(9-14)8-10-6-4-5-7-12(10)16-2/h4-8H,3H2,1-2H3/b11-8-. The molecule has 0 bridgehead atoms. The first-order valence-corrected chi connectivity index (χ1v) is 5.14. The van der Waals surface area contributed by atoms with Gasteiger partial charge in [0.25, 0.3) is 0 Å². The highest BCUT2D eigenvalue weighted by Crippen LogP contribution is 2.20. The molecule has 0 heterocycles. The van der Waals surface area contributed by atoms with Crippen LogP contribution in [0.25, 0.3) is 6.08 Å². The minimum Gasteiger partial charge on any atom is -0.496 e. The first kappa shape index (κ1) is 12.8. The van der Waals surface area contributed by atoms with Crippen LogP contribution >= 0.6 is 0 Å². The van der Waals surface area contributed by atoms with Crippen molar-refractivity contribution in [3.8, 4) is 11.8 Å². The highest BCUT2D eigenvalue weighted by Gasteiger charge is 2.10. The molecule has 0 aliphatic heterocycles. The Balaban J connectivity index is 3.07. The lowest BCUT2D eigenvalue weighted by molar-refractivity contribution is -0.137. The minimum atomic E-state index is -0.624. The topological polar surface area (TPSA) is 59.3 Å². The summed E-state index contributed by atoms with van der Waals surface area (Å²) in [6.45, 7) is 1.93. The van der Waals surface area contributed by atoms with Gasteiger partial charge in [0, 0.05) is 5.56 Å². The summed E-state index contributed by atoms with van der Waals surface area (Å²) in [6, 6.07) is 8.94. The fourth-order valence-corrected chi connectivity index (χ4v) is 1.29. The summed E-state index contributed by atoms with van der Waals surface area (Å²) in [5, 5.41) is 8.89. The second kappa shape index (κ2) is 6.33. The first-order chi connectivity index (χ1) is 8.22. The molecule has 4 heteroatoms. The van der Waals surface area contributed by atoms with Gasteiger partial charge in [-0.05, 0) is 19.1 Å². The van der Waals surface area contributed by atoms with Gasteiger partial charge in [-0.3, -0.25) is 0 Å². The predicted octanol–water partition coefficient (Wildman–Crippen LogP) is 2.17. The zero-order valence-corrected chi connectivity index (χ0v) is 9.77. The van der Waals surface area contributed by atoms with Gasteiger partial charge in [-0.25, -0.2) is 4.79 Å². The molecule has 0 amide bonds. The fraction of sp³-hybridized carbons (Fsp3) is 0.231. The van der Waals surface area contributed by atoms with Crippen molar-refractivity contribution < 1.29 is 14.3 Å². The van der Waals surface area contributed by atoms with E-state index in [9.17, 15) is 4.79 Å². The maximum absolute atomic E-state index is 11.4. The number of carbonyl (C=O) groups is 1. The largest absolute Gasteiger partial charge is 0.496 e. The lowest BCUT2D eigenvalue weighted by atomic mass is 10.1. The number of benzene rings is 1. The van der Waals surface area contributed by atoms with Gasteiger partial charge in [0.2, 0.25) is 0 Å². The highest BCUT2D eigenvalue weighted by atomic mass is 16.5. The van der Waals surface area contributed by atoms with Crippen LogP contribution < -0.4 is 4.74 Å². The van der Waals surface area contributed by atoms with Gasteiger partial charge in [-0.2, -0.15) is 5.26 Å². The Hall–Kier alpha value is -2.28. The lowest BCUT2D eigenvalue weighted by Crippen LogP contribution is -2.06. The molecule has 0 aliphatic rings. The van der Waals surface area contributed by atoms with Crippen molar-refractivity contribution in [3.63, 3.8) is 0 Å². The third-order valence-corrected chi connectivity index (χ3v) is 2.05. The number of hydrogen-bond acceptors (Lipinski definition) is 4. The van der Waals surface area contributed by atoms with Gasteiger partial charge < -0.3 is 9.47 Å². The van der Waals surface area contributed by atoms with Crippen molar-refractivity contribution in [2.75, 3.05) is 13.7 Å². The van der Waals surface area contributed by atoms with Crippen LogP contribution in [0.4, 0.5) is 0 Å². The zero-order valence-electron chi connectivity index (χ0n) is 9.77.